The Morgan fingerprint density at radius 3 is 2.17 bits per heavy atom. The van der Waals surface area contributed by atoms with E-state index in [2.05, 4.69) is 0 Å². The first-order valence-corrected chi connectivity index (χ1v) is 9.96. The molecule has 9 heteroatoms. The van der Waals surface area contributed by atoms with Crippen LogP contribution in [-0.4, -0.2) is 90.8 Å². The Hall–Kier alpha value is -0.900. The average molecular weight is 367 g/mol. The van der Waals surface area contributed by atoms with Gasteiger partial charge in [0.05, 0.1) is 45.0 Å². The number of carbonyl (C=O) groups is 1. The van der Waals surface area contributed by atoms with Gasteiger partial charge in [0.15, 0.2) is 0 Å². The van der Waals surface area contributed by atoms with Crippen LogP contribution in [0.2, 0.25) is 0 Å². The number of hydrogen-bond donors (Lipinski definition) is 2. The summed E-state index contributed by atoms with van der Waals surface area (Å²) in [5.41, 5.74) is -0.535. The summed E-state index contributed by atoms with van der Waals surface area (Å²) in [5, 5.41) is 9.10. The molecule has 8 nitrogen and oxygen atoms in total. The van der Waals surface area contributed by atoms with Crippen LogP contribution >= 0.6 is 0 Å². The van der Waals surface area contributed by atoms with E-state index >= 15 is 0 Å². The SMILES string of the molecule is CC(C)(C)OC(=O)N1CC[N+](CCCO)(CCCS(=O)(=O)O)CC1. The fourth-order valence-electron chi connectivity index (χ4n) is 2.95. The van der Waals surface area contributed by atoms with E-state index in [0.29, 0.717) is 50.0 Å². The Morgan fingerprint density at radius 1 is 1.17 bits per heavy atom. The second kappa shape index (κ2) is 8.46. The van der Waals surface area contributed by atoms with Crippen molar-refractivity contribution in [2.45, 2.75) is 39.2 Å². The third kappa shape index (κ3) is 7.78. The topological polar surface area (TPSA) is 104 Å². The van der Waals surface area contributed by atoms with Gasteiger partial charge in [0.2, 0.25) is 0 Å². The second-order valence-electron chi connectivity index (χ2n) is 7.42. The molecular weight excluding hydrogens is 336 g/mol. The molecule has 0 aromatic carbocycles. The number of aliphatic hydroxyl groups excluding tert-OH is 1. The Labute approximate surface area is 144 Å². The molecule has 0 saturated carbocycles. The monoisotopic (exact) mass is 367 g/mol. The van der Waals surface area contributed by atoms with Crippen molar-refractivity contribution in [1.82, 2.24) is 4.90 Å². The molecule has 1 rings (SSSR count). The van der Waals surface area contributed by atoms with Gasteiger partial charge in [-0.15, -0.1) is 0 Å². The molecule has 0 unspecified atom stereocenters. The zero-order valence-corrected chi connectivity index (χ0v) is 15.7. The summed E-state index contributed by atoms with van der Waals surface area (Å²) in [7, 11) is -3.96. The Balaban J connectivity index is 2.61. The molecule has 0 radical (unpaired) electrons. The van der Waals surface area contributed by atoms with Gasteiger partial charge in [0.25, 0.3) is 10.1 Å². The summed E-state index contributed by atoms with van der Waals surface area (Å²) in [6.45, 7) is 9.32. The van der Waals surface area contributed by atoms with Crippen molar-refractivity contribution in [3.63, 3.8) is 0 Å². The highest BCUT2D eigenvalue weighted by Gasteiger charge is 2.35. The van der Waals surface area contributed by atoms with Gasteiger partial charge in [0.1, 0.15) is 5.60 Å². The minimum atomic E-state index is -3.96. The maximum absolute atomic E-state index is 12.1. The molecule has 0 aromatic heterocycles. The highest BCUT2D eigenvalue weighted by atomic mass is 32.2. The molecule has 0 bridgehead atoms. The lowest BCUT2D eigenvalue weighted by atomic mass is 10.2. The molecule has 1 aliphatic heterocycles. The fourth-order valence-corrected chi connectivity index (χ4v) is 3.44. The number of nitrogens with zero attached hydrogens (tertiary/aromatic N) is 2. The summed E-state index contributed by atoms with van der Waals surface area (Å²) in [4.78, 5) is 13.8. The summed E-state index contributed by atoms with van der Waals surface area (Å²) >= 11 is 0. The first-order valence-electron chi connectivity index (χ1n) is 8.35. The third-order valence-corrected chi connectivity index (χ3v) is 4.97. The normalized spacial score (nSPS) is 18.5. The van der Waals surface area contributed by atoms with E-state index in [9.17, 15) is 13.2 Å². The summed E-state index contributed by atoms with van der Waals surface area (Å²) < 4.78 is 36.7. The van der Waals surface area contributed by atoms with Gasteiger partial charge in [-0.2, -0.15) is 8.42 Å². The molecule has 1 heterocycles. The maximum Gasteiger partial charge on any atom is 0.410 e. The van der Waals surface area contributed by atoms with Crippen LogP contribution in [0.4, 0.5) is 4.79 Å². The van der Waals surface area contributed by atoms with Crippen LogP contribution in [0.1, 0.15) is 33.6 Å². The van der Waals surface area contributed by atoms with Gasteiger partial charge < -0.3 is 14.3 Å². The molecule has 1 saturated heterocycles. The molecule has 142 valence electrons. The highest BCUT2D eigenvalue weighted by Crippen LogP contribution is 2.18. The minimum Gasteiger partial charge on any atom is -0.444 e. The average Bonchev–Trinajstić information content (AvgIpc) is 2.43. The number of ether oxygens (including phenoxy) is 1. The highest BCUT2D eigenvalue weighted by molar-refractivity contribution is 7.85. The predicted molar refractivity (Wildman–Crippen MR) is 90.3 cm³/mol. The van der Waals surface area contributed by atoms with Crippen molar-refractivity contribution < 1.29 is 32.1 Å². The number of carbonyl (C=O) groups excluding carboxylic acids is 1. The summed E-state index contributed by atoms with van der Waals surface area (Å²) in [6, 6.07) is 0. The third-order valence-electron chi connectivity index (χ3n) is 4.17. The molecule has 0 atom stereocenters. The largest absolute Gasteiger partial charge is 0.444 e. The molecule has 2 N–H and O–H groups in total. The Morgan fingerprint density at radius 2 is 1.71 bits per heavy atom. The molecular formula is C15H31N2O6S+. The fraction of sp³-hybridized carbons (Fsp3) is 0.933. The van der Waals surface area contributed by atoms with Crippen LogP contribution < -0.4 is 0 Å². The van der Waals surface area contributed by atoms with Gasteiger partial charge in [0, 0.05) is 19.4 Å². The van der Waals surface area contributed by atoms with Gasteiger partial charge in [-0.3, -0.25) is 9.45 Å². The van der Waals surface area contributed by atoms with Crippen LogP contribution in [0.15, 0.2) is 0 Å². The van der Waals surface area contributed by atoms with Crippen LogP contribution in [0.5, 0.6) is 0 Å². The zero-order chi connectivity index (χ0) is 18.4. The lowest BCUT2D eigenvalue weighted by Gasteiger charge is -2.45. The lowest BCUT2D eigenvalue weighted by Crippen LogP contribution is -2.61. The van der Waals surface area contributed by atoms with Gasteiger partial charge in [-0.25, -0.2) is 4.79 Å². The van der Waals surface area contributed by atoms with Crippen molar-refractivity contribution >= 4 is 16.2 Å². The predicted octanol–water partition coefficient (Wildman–Crippen LogP) is 0.714. The number of amides is 1. The second-order valence-corrected chi connectivity index (χ2v) is 8.99. The van der Waals surface area contributed by atoms with Crippen LogP contribution in [0.25, 0.3) is 0 Å². The van der Waals surface area contributed by atoms with E-state index in [4.69, 9.17) is 14.4 Å². The van der Waals surface area contributed by atoms with Crippen molar-refractivity contribution in [1.29, 1.82) is 0 Å². The molecule has 24 heavy (non-hydrogen) atoms. The maximum atomic E-state index is 12.1. The van der Waals surface area contributed by atoms with Gasteiger partial charge in [-0.1, -0.05) is 0 Å². The first-order chi connectivity index (χ1) is 11.0. The number of aliphatic hydroxyl groups is 1. The van der Waals surface area contributed by atoms with Crippen LogP contribution in [0, 0.1) is 0 Å². The molecule has 1 fully saturated rings. The van der Waals surface area contributed by atoms with E-state index in [0.717, 1.165) is 6.54 Å². The first kappa shape index (κ1) is 21.1. The Bertz CT molecular complexity index is 507. The molecule has 0 spiro atoms. The molecule has 0 aliphatic carbocycles. The van der Waals surface area contributed by atoms with Crippen molar-refractivity contribution in [3.8, 4) is 0 Å². The summed E-state index contributed by atoms with van der Waals surface area (Å²) in [6.07, 6.45) is 0.648. The molecule has 1 amide bonds. The number of rotatable bonds is 7. The summed E-state index contributed by atoms with van der Waals surface area (Å²) in [5.74, 6) is -0.262. The quantitative estimate of drug-likeness (QED) is 0.507. The van der Waals surface area contributed by atoms with E-state index in [1.807, 2.05) is 20.8 Å². The van der Waals surface area contributed by atoms with Crippen molar-refractivity contribution in [3.05, 3.63) is 0 Å². The van der Waals surface area contributed by atoms with Gasteiger partial charge in [-0.05, 0) is 20.8 Å². The minimum absolute atomic E-state index is 0.0775. The molecule has 0 aromatic rings. The van der Waals surface area contributed by atoms with E-state index in [1.54, 1.807) is 4.90 Å². The van der Waals surface area contributed by atoms with E-state index in [1.165, 1.54) is 0 Å². The van der Waals surface area contributed by atoms with Gasteiger partial charge >= 0.3 is 6.09 Å². The lowest BCUT2D eigenvalue weighted by molar-refractivity contribution is -0.931. The number of piperazine rings is 1. The van der Waals surface area contributed by atoms with Crippen LogP contribution in [-0.2, 0) is 14.9 Å². The molecule has 1 aliphatic rings. The van der Waals surface area contributed by atoms with Crippen molar-refractivity contribution in [2.24, 2.45) is 0 Å². The standard InChI is InChI=1S/C15H30N2O6S/c1-15(2,3)23-14(19)16-6-10-17(11-7-16,8-4-12-18)9-5-13-24(20,21)22/h18H,4-13H2,1-3H3/p+1. The van der Waals surface area contributed by atoms with Crippen LogP contribution in [0.3, 0.4) is 0 Å². The number of hydrogen-bond acceptors (Lipinski definition) is 5. The van der Waals surface area contributed by atoms with E-state index in [-0.39, 0.29) is 18.5 Å². The smallest absolute Gasteiger partial charge is 0.410 e. The van der Waals surface area contributed by atoms with E-state index < -0.39 is 15.7 Å². The number of quaternary nitrogens is 1. The van der Waals surface area contributed by atoms with Crippen molar-refractivity contribution in [2.75, 3.05) is 51.6 Å². The Kier molecular flexibility index (Phi) is 7.45. The zero-order valence-electron chi connectivity index (χ0n) is 14.9.